The van der Waals surface area contributed by atoms with E-state index in [-0.39, 0.29) is 18.5 Å². The van der Waals surface area contributed by atoms with Gasteiger partial charge in [-0.05, 0) is 50.8 Å². The number of piperidine rings is 1. The fraction of sp³-hybridized carbons (Fsp3) is 0.474. The van der Waals surface area contributed by atoms with Crippen LogP contribution in [0.15, 0.2) is 24.3 Å². The predicted octanol–water partition coefficient (Wildman–Crippen LogP) is 1.73. The SMILES string of the molecule is C[C@@H]1CCCCN1C(=O)CN1C(=O)N[C@](C)(c2cccc(C#N)c2)C1=O. The van der Waals surface area contributed by atoms with Crippen LogP contribution in [0.3, 0.4) is 0 Å². The number of urea groups is 1. The van der Waals surface area contributed by atoms with Crippen molar-refractivity contribution in [2.75, 3.05) is 13.1 Å². The highest BCUT2D eigenvalue weighted by molar-refractivity contribution is 6.09. The number of carbonyl (C=O) groups is 3. The van der Waals surface area contributed by atoms with Crippen molar-refractivity contribution < 1.29 is 14.4 Å². The highest BCUT2D eigenvalue weighted by Gasteiger charge is 2.50. The van der Waals surface area contributed by atoms with Gasteiger partial charge in [-0.1, -0.05) is 12.1 Å². The third-order valence-electron chi connectivity index (χ3n) is 5.26. The fourth-order valence-corrected chi connectivity index (χ4v) is 3.63. The number of imide groups is 1. The van der Waals surface area contributed by atoms with Crippen molar-refractivity contribution in [1.82, 2.24) is 15.1 Å². The Bertz CT molecular complexity index is 800. The molecule has 7 nitrogen and oxygen atoms in total. The van der Waals surface area contributed by atoms with E-state index in [1.54, 1.807) is 36.1 Å². The van der Waals surface area contributed by atoms with Crippen LogP contribution in [0.2, 0.25) is 0 Å². The van der Waals surface area contributed by atoms with E-state index >= 15 is 0 Å². The molecule has 0 spiro atoms. The van der Waals surface area contributed by atoms with Crippen molar-refractivity contribution >= 4 is 17.8 Å². The Kier molecular flexibility index (Phi) is 4.68. The number of hydrogen-bond donors (Lipinski definition) is 1. The average Bonchev–Trinajstić information content (AvgIpc) is 2.86. The molecular formula is C19H22N4O3. The van der Waals surface area contributed by atoms with E-state index in [2.05, 4.69) is 5.32 Å². The normalized spacial score (nSPS) is 25.8. The molecule has 1 aromatic rings. The zero-order valence-corrected chi connectivity index (χ0v) is 15.0. The van der Waals surface area contributed by atoms with Gasteiger partial charge in [-0.15, -0.1) is 0 Å². The lowest BCUT2D eigenvalue weighted by molar-refractivity contribution is -0.140. The Morgan fingerprint density at radius 3 is 2.85 bits per heavy atom. The predicted molar refractivity (Wildman–Crippen MR) is 93.8 cm³/mol. The first-order valence-corrected chi connectivity index (χ1v) is 8.81. The maximum Gasteiger partial charge on any atom is 0.325 e. The molecule has 2 atom stereocenters. The molecule has 136 valence electrons. The van der Waals surface area contributed by atoms with E-state index in [0.29, 0.717) is 17.7 Å². The molecular weight excluding hydrogens is 332 g/mol. The lowest BCUT2D eigenvalue weighted by atomic mass is 9.91. The number of nitriles is 1. The molecule has 0 aliphatic carbocycles. The molecule has 0 unspecified atom stereocenters. The van der Waals surface area contributed by atoms with Gasteiger partial charge >= 0.3 is 6.03 Å². The Morgan fingerprint density at radius 2 is 2.15 bits per heavy atom. The van der Waals surface area contributed by atoms with Crippen LogP contribution in [0, 0.1) is 11.3 Å². The molecule has 2 aliphatic rings. The monoisotopic (exact) mass is 354 g/mol. The second-order valence-corrected chi connectivity index (χ2v) is 7.07. The van der Waals surface area contributed by atoms with Crippen molar-refractivity contribution in [2.45, 2.75) is 44.7 Å². The summed E-state index contributed by atoms with van der Waals surface area (Å²) in [6.07, 6.45) is 2.96. The van der Waals surface area contributed by atoms with Crippen molar-refractivity contribution in [3.8, 4) is 6.07 Å². The van der Waals surface area contributed by atoms with E-state index in [1.165, 1.54) is 0 Å². The zero-order valence-electron chi connectivity index (χ0n) is 15.0. The Hall–Kier alpha value is -2.88. The Balaban J connectivity index is 1.80. The maximum absolute atomic E-state index is 12.9. The minimum Gasteiger partial charge on any atom is -0.338 e. The van der Waals surface area contributed by atoms with Crippen molar-refractivity contribution in [3.63, 3.8) is 0 Å². The van der Waals surface area contributed by atoms with E-state index in [9.17, 15) is 14.4 Å². The van der Waals surface area contributed by atoms with Crippen molar-refractivity contribution in [1.29, 1.82) is 5.26 Å². The topological polar surface area (TPSA) is 93.5 Å². The summed E-state index contributed by atoms with van der Waals surface area (Å²) in [5, 5.41) is 11.7. The number of carbonyl (C=O) groups excluding carboxylic acids is 3. The first-order chi connectivity index (χ1) is 12.4. The number of rotatable bonds is 3. The van der Waals surface area contributed by atoms with Crippen molar-refractivity contribution in [2.24, 2.45) is 0 Å². The molecule has 4 amide bonds. The number of nitrogens with zero attached hydrogens (tertiary/aromatic N) is 3. The minimum absolute atomic E-state index is 0.121. The first kappa shape index (κ1) is 17.9. The average molecular weight is 354 g/mol. The van der Waals surface area contributed by atoms with Gasteiger partial charge in [0.25, 0.3) is 5.91 Å². The van der Waals surface area contributed by atoms with E-state index in [1.807, 2.05) is 13.0 Å². The Morgan fingerprint density at radius 1 is 1.38 bits per heavy atom. The van der Waals surface area contributed by atoms with Gasteiger partial charge in [-0.3, -0.25) is 14.5 Å². The van der Waals surface area contributed by atoms with Crippen LogP contribution in [0.1, 0.15) is 44.2 Å². The molecule has 0 radical (unpaired) electrons. The number of amides is 4. The number of likely N-dealkylation sites (tertiary alicyclic amines) is 1. The summed E-state index contributed by atoms with van der Waals surface area (Å²) < 4.78 is 0. The molecule has 1 N–H and O–H groups in total. The zero-order chi connectivity index (χ0) is 18.9. The van der Waals surface area contributed by atoms with Crippen LogP contribution in [0.4, 0.5) is 4.79 Å². The number of hydrogen-bond acceptors (Lipinski definition) is 4. The maximum atomic E-state index is 12.9. The van der Waals surface area contributed by atoms with Crippen LogP contribution in [0.25, 0.3) is 0 Å². The summed E-state index contributed by atoms with van der Waals surface area (Å²) in [6, 6.07) is 8.13. The largest absolute Gasteiger partial charge is 0.338 e. The second-order valence-electron chi connectivity index (χ2n) is 7.07. The van der Waals surface area contributed by atoms with E-state index in [0.717, 1.165) is 24.2 Å². The smallest absolute Gasteiger partial charge is 0.325 e. The molecule has 0 bridgehead atoms. The summed E-state index contributed by atoms with van der Waals surface area (Å²) in [5.41, 5.74) is -0.351. The second kappa shape index (κ2) is 6.79. The third-order valence-corrected chi connectivity index (χ3v) is 5.26. The van der Waals surface area contributed by atoms with Crippen LogP contribution in [0.5, 0.6) is 0 Å². The summed E-state index contributed by atoms with van der Waals surface area (Å²) in [6.45, 7) is 3.98. The molecule has 2 fully saturated rings. The third kappa shape index (κ3) is 3.03. The molecule has 26 heavy (non-hydrogen) atoms. The molecule has 0 aromatic heterocycles. The summed E-state index contributed by atoms with van der Waals surface area (Å²) >= 11 is 0. The summed E-state index contributed by atoms with van der Waals surface area (Å²) in [4.78, 5) is 40.6. The number of nitrogens with one attached hydrogen (secondary N) is 1. The van der Waals surface area contributed by atoms with Gasteiger partial charge in [-0.25, -0.2) is 4.79 Å². The van der Waals surface area contributed by atoms with Crippen LogP contribution in [-0.2, 0) is 15.1 Å². The molecule has 3 rings (SSSR count). The standard InChI is InChI=1S/C19H22N4O3/c1-13-6-3-4-9-22(13)16(24)12-23-17(25)19(2,21-18(23)26)15-8-5-7-14(10-15)11-20/h5,7-8,10,13H,3-4,6,9,12H2,1-2H3,(H,21,26)/t13-,19-/m1/s1. The van der Waals surface area contributed by atoms with Crippen LogP contribution < -0.4 is 5.32 Å². The molecule has 0 saturated carbocycles. The van der Waals surface area contributed by atoms with Crippen LogP contribution >= 0.6 is 0 Å². The number of benzene rings is 1. The lowest BCUT2D eigenvalue weighted by Crippen LogP contribution is -2.48. The van der Waals surface area contributed by atoms with E-state index < -0.39 is 17.5 Å². The molecule has 2 heterocycles. The van der Waals surface area contributed by atoms with Gasteiger partial charge in [-0.2, -0.15) is 5.26 Å². The first-order valence-electron chi connectivity index (χ1n) is 8.81. The van der Waals surface area contributed by atoms with Gasteiger partial charge < -0.3 is 10.2 Å². The molecule has 7 heteroatoms. The summed E-state index contributed by atoms with van der Waals surface area (Å²) in [5.74, 6) is -0.689. The van der Waals surface area contributed by atoms with E-state index in [4.69, 9.17) is 5.26 Å². The molecule has 2 aliphatic heterocycles. The van der Waals surface area contributed by atoms with Crippen molar-refractivity contribution in [3.05, 3.63) is 35.4 Å². The van der Waals surface area contributed by atoms with Crippen LogP contribution in [-0.4, -0.2) is 46.8 Å². The highest BCUT2D eigenvalue weighted by Crippen LogP contribution is 2.29. The van der Waals surface area contributed by atoms with Gasteiger partial charge in [0.1, 0.15) is 12.1 Å². The highest BCUT2D eigenvalue weighted by atomic mass is 16.2. The minimum atomic E-state index is -1.28. The Labute approximate surface area is 152 Å². The van der Waals surface area contributed by atoms with Gasteiger partial charge in [0, 0.05) is 12.6 Å². The molecule has 2 saturated heterocycles. The van der Waals surface area contributed by atoms with Gasteiger partial charge in [0.05, 0.1) is 11.6 Å². The summed E-state index contributed by atoms with van der Waals surface area (Å²) in [7, 11) is 0. The molecule has 1 aromatic carbocycles. The van der Waals surface area contributed by atoms with Gasteiger partial charge in [0.2, 0.25) is 5.91 Å². The quantitative estimate of drug-likeness (QED) is 0.837. The lowest BCUT2D eigenvalue weighted by Gasteiger charge is -2.34. The van der Waals surface area contributed by atoms with Gasteiger partial charge in [0.15, 0.2) is 0 Å². The fourth-order valence-electron chi connectivity index (χ4n) is 3.63.